The molecule has 0 spiro atoms. The van der Waals surface area contributed by atoms with E-state index in [1.54, 1.807) is 26.0 Å². The van der Waals surface area contributed by atoms with E-state index in [-0.39, 0.29) is 5.82 Å². The van der Waals surface area contributed by atoms with E-state index in [1.807, 2.05) is 0 Å². The smallest absolute Gasteiger partial charge is 0.129 e. The predicted octanol–water partition coefficient (Wildman–Crippen LogP) is 5.62. The van der Waals surface area contributed by atoms with Crippen LogP contribution in [0.1, 0.15) is 81.1 Å². The Hall–Kier alpha value is -0.890. The molecule has 0 aromatic heterocycles. The second kappa shape index (κ2) is 9.12. The van der Waals surface area contributed by atoms with Crippen LogP contribution in [0.5, 0.6) is 0 Å². The fourth-order valence-electron chi connectivity index (χ4n) is 2.63. The average Bonchev–Trinajstić information content (AvgIpc) is 2.43. The maximum atomic E-state index is 13.5. The van der Waals surface area contributed by atoms with Crippen molar-refractivity contribution in [3.05, 3.63) is 34.6 Å². The van der Waals surface area contributed by atoms with Gasteiger partial charge in [0.1, 0.15) is 5.82 Å². The lowest BCUT2D eigenvalue weighted by atomic mass is 9.98. The molecule has 114 valence electrons. The quantitative estimate of drug-likeness (QED) is 0.582. The van der Waals surface area contributed by atoms with Gasteiger partial charge in [0.25, 0.3) is 0 Å². The highest BCUT2D eigenvalue weighted by Crippen LogP contribution is 2.24. The van der Waals surface area contributed by atoms with Gasteiger partial charge >= 0.3 is 0 Å². The van der Waals surface area contributed by atoms with Crippen molar-refractivity contribution >= 4 is 0 Å². The van der Waals surface area contributed by atoms with Gasteiger partial charge in [-0.15, -0.1) is 0 Å². The largest absolute Gasteiger partial charge is 0.388 e. The molecule has 0 fully saturated rings. The number of hydrogen-bond donors (Lipinski definition) is 1. The summed E-state index contributed by atoms with van der Waals surface area (Å²) in [5.74, 6) is -0.156. The van der Waals surface area contributed by atoms with Crippen molar-refractivity contribution in [2.24, 2.45) is 0 Å². The first-order valence-electron chi connectivity index (χ1n) is 8.01. The van der Waals surface area contributed by atoms with Crippen LogP contribution in [-0.2, 0) is 0 Å². The molecule has 0 aliphatic rings. The van der Waals surface area contributed by atoms with Gasteiger partial charge in [-0.05, 0) is 37.0 Å². The van der Waals surface area contributed by atoms with Crippen LogP contribution in [0, 0.1) is 19.7 Å². The first-order valence-corrected chi connectivity index (χ1v) is 8.01. The second-order valence-corrected chi connectivity index (χ2v) is 5.89. The first kappa shape index (κ1) is 17.2. The van der Waals surface area contributed by atoms with Gasteiger partial charge in [-0.3, -0.25) is 0 Å². The van der Waals surface area contributed by atoms with Crippen LogP contribution in [-0.4, -0.2) is 5.11 Å². The van der Waals surface area contributed by atoms with Crippen LogP contribution in [0.4, 0.5) is 4.39 Å². The molecule has 1 nitrogen and oxygen atoms in total. The molecule has 0 amide bonds. The molecule has 2 heteroatoms. The number of aliphatic hydroxyl groups excluding tert-OH is 1. The lowest BCUT2D eigenvalue weighted by molar-refractivity contribution is 0.163. The summed E-state index contributed by atoms with van der Waals surface area (Å²) in [5.41, 5.74) is 2.10. The van der Waals surface area contributed by atoms with Crippen LogP contribution in [0.25, 0.3) is 0 Å². The first-order chi connectivity index (χ1) is 9.56. The highest BCUT2D eigenvalue weighted by molar-refractivity contribution is 5.31. The van der Waals surface area contributed by atoms with Crippen LogP contribution < -0.4 is 0 Å². The number of rotatable bonds is 9. The Balaban J connectivity index is 2.31. The summed E-state index contributed by atoms with van der Waals surface area (Å²) in [6, 6.07) is 3.54. The van der Waals surface area contributed by atoms with Gasteiger partial charge in [-0.1, -0.05) is 64.0 Å². The van der Waals surface area contributed by atoms with Gasteiger partial charge in [0.15, 0.2) is 0 Å². The van der Waals surface area contributed by atoms with E-state index in [1.165, 1.54) is 38.5 Å². The Morgan fingerprint density at radius 1 is 0.950 bits per heavy atom. The maximum Gasteiger partial charge on any atom is 0.129 e. The number of benzene rings is 1. The van der Waals surface area contributed by atoms with E-state index >= 15 is 0 Å². The van der Waals surface area contributed by atoms with Gasteiger partial charge in [-0.25, -0.2) is 4.39 Å². The minimum atomic E-state index is -0.455. The standard InChI is InChI=1S/C18H29FO/c1-4-5-6-7-8-9-10-11-17(20)16-12-14(2)18(19)15(3)13-16/h12-13,17,20H,4-11H2,1-3H3. The van der Waals surface area contributed by atoms with Crippen LogP contribution in [0.2, 0.25) is 0 Å². The van der Waals surface area contributed by atoms with Crippen molar-refractivity contribution in [1.82, 2.24) is 0 Å². The molecule has 0 aliphatic heterocycles. The molecule has 1 N–H and O–H groups in total. The van der Waals surface area contributed by atoms with Crippen molar-refractivity contribution in [3.63, 3.8) is 0 Å². The van der Waals surface area contributed by atoms with E-state index in [4.69, 9.17) is 0 Å². The van der Waals surface area contributed by atoms with E-state index in [0.717, 1.165) is 18.4 Å². The van der Waals surface area contributed by atoms with Crippen molar-refractivity contribution < 1.29 is 9.50 Å². The summed E-state index contributed by atoms with van der Waals surface area (Å²) in [7, 11) is 0. The molecule has 0 radical (unpaired) electrons. The average molecular weight is 280 g/mol. The third-order valence-electron chi connectivity index (χ3n) is 3.92. The highest BCUT2D eigenvalue weighted by Gasteiger charge is 2.11. The third kappa shape index (κ3) is 5.62. The molecule has 0 aliphatic carbocycles. The van der Waals surface area contributed by atoms with Crippen LogP contribution in [0.3, 0.4) is 0 Å². The minimum absolute atomic E-state index is 0.156. The van der Waals surface area contributed by atoms with Gasteiger partial charge in [0.2, 0.25) is 0 Å². The van der Waals surface area contributed by atoms with E-state index in [0.29, 0.717) is 11.1 Å². The minimum Gasteiger partial charge on any atom is -0.388 e. The Labute approximate surface area is 123 Å². The Morgan fingerprint density at radius 2 is 1.45 bits per heavy atom. The molecule has 0 saturated carbocycles. The molecular weight excluding hydrogens is 251 g/mol. The molecule has 1 unspecified atom stereocenters. The molecule has 0 bridgehead atoms. The van der Waals surface area contributed by atoms with Gasteiger partial charge < -0.3 is 5.11 Å². The molecular formula is C18H29FO. The zero-order valence-electron chi connectivity index (χ0n) is 13.2. The van der Waals surface area contributed by atoms with E-state index in [2.05, 4.69) is 6.92 Å². The summed E-state index contributed by atoms with van der Waals surface area (Å²) in [6.45, 7) is 5.74. The lowest BCUT2D eigenvalue weighted by Gasteiger charge is -2.13. The van der Waals surface area contributed by atoms with E-state index in [9.17, 15) is 9.50 Å². The van der Waals surface area contributed by atoms with Crippen molar-refractivity contribution in [2.45, 2.75) is 78.2 Å². The Morgan fingerprint density at radius 3 is 2.00 bits per heavy atom. The second-order valence-electron chi connectivity index (χ2n) is 5.89. The van der Waals surface area contributed by atoms with Crippen LogP contribution in [0.15, 0.2) is 12.1 Å². The molecule has 1 aromatic carbocycles. The Bertz CT molecular complexity index is 377. The van der Waals surface area contributed by atoms with Crippen LogP contribution >= 0.6 is 0 Å². The molecule has 20 heavy (non-hydrogen) atoms. The zero-order chi connectivity index (χ0) is 15.0. The lowest BCUT2D eigenvalue weighted by Crippen LogP contribution is -2.00. The van der Waals surface area contributed by atoms with E-state index < -0.39 is 6.10 Å². The number of unbranched alkanes of at least 4 members (excludes halogenated alkanes) is 6. The predicted molar refractivity (Wildman–Crippen MR) is 83.4 cm³/mol. The molecule has 1 rings (SSSR count). The highest BCUT2D eigenvalue weighted by atomic mass is 19.1. The normalized spacial score (nSPS) is 12.7. The molecule has 0 heterocycles. The fourth-order valence-corrected chi connectivity index (χ4v) is 2.63. The number of aliphatic hydroxyl groups is 1. The maximum absolute atomic E-state index is 13.5. The topological polar surface area (TPSA) is 20.2 Å². The number of aryl methyl sites for hydroxylation is 2. The number of hydrogen-bond acceptors (Lipinski definition) is 1. The summed E-state index contributed by atoms with van der Waals surface area (Å²) >= 11 is 0. The molecule has 1 aromatic rings. The molecule has 0 saturated heterocycles. The zero-order valence-corrected chi connectivity index (χ0v) is 13.2. The molecule has 1 atom stereocenters. The summed E-state index contributed by atoms with van der Waals surface area (Å²) in [4.78, 5) is 0. The van der Waals surface area contributed by atoms with Crippen molar-refractivity contribution in [2.75, 3.05) is 0 Å². The van der Waals surface area contributed by atoms with Gasteiger partial charge in [-0.2, -0.15) is 0 Å². The fraction of sp³-hybridized carbons (Fsp3) is 0.667. The van der Waals surface area contributed by atoms with Crippen molar-refractivity contribution in [3.8, 4) is 0 Å². The summed E-state index contributed by atoms with van der Waals surface area (Å²) in [6.07, 6.45) is 9.05. The van der Waals surface area contributed by atoms with Gasteiger partial charge in [0, 0.05) is 0 Å². The summed E-state index contributed by atoms with van der Waals surface area (Å²) < 4.78 is 13.5. The van der Waals surface area contributed by atoms with Gasteiger partial charge in [0.05, 0.1) is 6.10 Å². The monoisotopic (exact) mass is 280 g/mol. The SMILES string of the molecule is CCCCCCCCCC(O)c1cc(C)c(F)c(C)c1. The summed E-state index contributed by atoms with van der Waals surface area (Å²) in [5, 5.41) is 10.2. The number of halogens is 1. The third-order valence-corrected chi connectivity index (χ3v) is 3.92. The Kier molecular flexibility index (Phi) is 7.83. The van der Waals surface area contributed by atoms with Crippen molar-refractivity contribution in [1.29, 1.82) is 0 Å².